The number of halogens is 1. The molecule has 4 aromatic rings. The van der Waals surface area contributed by atoms with E-state index in [0.717, 1.165) is 37.9 Å². The van der Waals surface area contributed by atoms with Crippen molar-refractivity contribution in [3.8, 4) is 11.1 Å². The minimum absolute atomic E-state index is 0.216. The van der Waals surface area contributed by atoms with Gasteiger partial charge in [0.15, 0.2) is 0 Å². The summed E-state index contributed by atoms with van der Waals surface area (Å²) in [5, 5.41) is 12.5. The van der Waals surface area contributed by atoms with Crippen LogP contribution in [0.2, 0.25) is 0 Å². The first kappa shape index (κ1) is 17.4. The lowest BCUT2D eigenvalue weighted by molar-refractivity contribution is 0.0672. The van der Waals surface area contributed by atoms with Gasteiger partial charge in [-0.1, -0.05) is 107 Å². The molecule has 1 nitrogen and oxygen atoms in total. The average molecular weight is 427 g/mol. The van der Waals surface area contributed by atoms with Gasteiger partial charge < -0.3 is 5.11 Å². The van der Waals surface area contributed by atoms with Crippen LogP contribution >= 0.6 is 15.9 Å². The summed E-state index contributed by atoms with van der Waals surface area (Å²) in [4.78, 5) is 0. The highest BCUT2D eigenvalue weighted by Crippen LogP contribution is 2.56. The molecule has 0 amide bonds. The van der Waals surface area contributed by atoms with E-state index >= 15 is 0 Å². The molecule has 5 rings (SSSR count). The zero-order chi connectivity index (χ0) is 19.1. The molecule has 0 radical (unpaired) electrons. The molecule has 4 aromatic carbocycles. The van der Waals surface area contributed by atoms with Gasteiger partial charge in [-0.3, -0.25) is 0 Å². The van der Waals surface area contributed by atoms with Gasteiger partial charge in [-0.2, -0.15) is 0 Å². The minimum atomic E-state index is -1.15. The second-order valence-corrected chi connectivity index (χ2v) is 8.17. The average Bonchev–Trinajstić information content (AvgIpc) is 2.99. The predicted molar refractivity (Wildman–Crippen MR) is 117 cm³/mol. The maximum absolute atomic E-state index is 12.5. The van der Waals surface area contributed by atoms with Crippen LogP contribution in [0.15, 0.2) is 108 Å². The monoisotopic (exact) mass is 426 g/mol. The summed E-state index contributed by atoms with van der Waals surface area (Å²) in [6.07, 6.45) is 0. The van der Waals surface area contributed by atoms with E-state index in [2.05, 4.69) is 64.5 Å². The molecule has 136 valence electrons. The van der Waals surface area contributed by atoms with Crippen LogP contribution in [0.5, 0.6) is 0 Å². The molecule has 1 N–H and O–H groups in total. The molecule has 0 aromatic heterocycles. The molecule has 0 saturated heterocycles. The van der Waals surface area contributed by atoms with Crippen LogP contribution in [-0.4, -0.2) is 5.11 Å². The van der Waals surface area contributed by atoms with E-state index in [1.165, 1.54) is 0 Å². The quantitative estimate of drug-likeness (QED) is 0.396. The van der Waals surface area contributed by atoms with E-state index in [4.69, 9.17) is 0 Å². The third kappa shape index (κ3) is 2.56. The number of hydrogen-bond donors (Lipinski definition) is 1. The lowest BCUT2D eigenvalue weighted by atomic mass is 9.72. The summed E-state index contributed by atoms with van der Waals surface area (Å²) < 4.78 is 0.970. The fourth-order valence-electron chi connectivity index (χ4n) is 4.54. The zero-order valence-corrected chi connectivity index (χ0v) is 16.8. The molecular formula is C26H19BrO. The molecule has 0 fully saturated rings. The number of rotatable bonds is 3. The predicted octanol–water partition coefficient (Wildman–Crippen LogP) is 6.50. The molecule has 1 aliphatic rings. The van der Waals surface area contributed by atoms with Crippen LogP contribution in [0.4, 0.5) is 0 Å². The highest BCUT2D eigenvalue weighted by molar-refractivity contribution is 9.10. The van der Waals surface area contributed by atoms with Gasteiger partial charge in [0.25, 0.3) is 0 Å². The lowest BCUT2D eigenvalue weighted by Gasteiger charge is -2.36. The standard InChI is InChI=1S/C26H19BrO/c27-20-15-16-22-21-13-7-8-14-23(21)26(28,24(22)17-20)25(18-9-3-1-4-10-18)19-11-5-2-6-12-19/h1-17,25,28H. The fraction of sp³-hybridized carbons (Fsp3) is 0.0769. The summed E-state index contributed by atoms with van der Waals surface area (Å²) >= 11 is 3.61. The second-order valence-electron chi connectivity index (χ2n) is 7.26. The van der Waals surface area contributed by atoms with Gasteiger partial charge in [0.1, 0.15) is 5.60 Å². The Kier molecular flexibility index (Phi) is 4.19. The van der Waals surface area contributed by atoms with Crippen molar-refractivity contribution in [3.63, 3.8) is 0 Å². The van der Waals surface area contributed by atoms with Crippen molar-refractivity contribution in [2.75, 3.05) is 0 Å². The minimum Gasteiger partial charge on any atom is -0.379 e. The van der Waals surface area contributed by atoms with Crippen molar-refractivity contribution in [2.24, 2.45) is 0 Å². The molecule has 0 aliphatic heterocycles. The van der Waals surface area contributed by atoms with Crippen LogP contribution in [0.3, 0.4) is 0 Å². The number of fused-ring (bicyclic) bond motifs is 3. The third-order valence-corrected chi connectivity index (χ3v) is 6.20. The van der Waals surface area contributed by atoms with Gasteiger partial charge in [0.05, 0.1) is 0 Å². The molecule has 0 bridgehead atoms. The van der Waals surface area contributed by atoms with E-state index < -0.39 is 5.60 Å². The van der Waals surface area contributed by atoms with Gasteiger partial charge >= 0.3 is 0 Å². The molecule has 1 unspecified atom stereocenters. The Morgan fingerprint density at radius 2 is 1.14 bits per heavy atom. The van der Waals surface area contributed by atoms with Crippen LogP contribution < -0.4 is 0 Å². The van der Waals surface area contributed by atoms with Gasteiger partial charge in [0, 0.05) is 10.4 Å². The van der Waals surface area contributed by atoms with E-state index in [1.54, 1.807) is 0 Å². The SMILES string of the molecule is OC1(C(c2ccccc2)c2ccccc2)c2ccccc2-c2ccc(Br)cc21. The summed E-state index contributed by atoms with van der Waals surface area (Å²) in [5.41, 5.74) is 5.14. The summed E-state index contributed by atoms with van der Waals surface area (Å²) in [5.74, 6) is -0.216. The van der Waals surface area contributed by atoms with E-state index in [-0.39, 0.29) is 5.92 Å². The van der Waals surface area contributed by atoms with Crippen molar-refractivity contribution in [3.05, 3.63) is 130 Å². The van der Waals surface area contributed by atoms with E-state index in [1.807, 2.05) is 54.6 Å². The maximum atomic E-state index is 12.5. The van der Waals surface area contributed by atoms with Crippen molar-refractivity contribution < 1.29 is 5.11 Å². The first-order valence-corrected chi connectivity index (χ1v) is 10.2. The summed E-state index contributed by atoms with van der Waals surface area (Å²) in [7, 11) is 0. The highest BCUT2D eigenvalue weighted by atomic mass is 79.9. The van der Waals surface area contributed by atoms with Crippen LogP contribution in [0, 0.1) is 0 Å². The molecule has 1 aliphatic carbocycles. The fourth-order valence-corrected chi connectivity index (χ4v) is 4.90. The van der Waals surface area contributed by atoms with Gasteiger partial charge in [-0.25, -0.2) is 0 Å². The zero-order valence-electron chi connectivity index (χ0n) is 15.2. The van der Waals surface area contributed by atoms with Crippen LogP contribution in [0.25, 0.3) is 11.1 Å². The van der Waals surface area contributed by atoms with E-state index in [0.29, 0.717) is 0 Å². The van der Waals surface area contributed by atoms with E-state index in [9.17, 15) is 5.11 Å². The number of aliphatic hydroxyl groups is 1. The Hall–Kier alpha value is -2.68. The van der Waals surface area contributed by atoms with Crippen LogP contribution in [-0.2, 0) is 5.60 Å². The normalized spacial score (nSPS) is 17.4. The number of benzene rings is 4. The van der Waals surface area contributed by atoms with Gasteiger partial charge in [-0.15, -0.1) is 0 Å². The molecule has 2 heteroatoms. The van der Waals surface area contributed by atoms with Crippen molar-refractivity contribution in [1.82, 2.24) is 0 Å². The smallest absolute Gasteiger partial charge is 0.127 e. The third-order valence-electron chi connectivity index (χ3n) is 5.70. The van der Waals surface area contributed by atoms with Crippen molar-refractivity contribution in [1.29, 1.82) is 0 Å². The number of hydrogen-bond acceptors (Lipinski definition) is 1. The summed E-state index contributed by atoms with van der Waals surface area (Å²) in [6.45, 7) is 0. The Labute approximate surface area is 173 Å². The Balaban J connectivity index is 1.85. The topological polar surface area (TPSA) is 20.2 Å². The Morgan fingerprint density at radius 3 is 1.79 bits per heavy atom. The first-order chi connectivity index (χ1) is 13.7. The Bertz CT molecular complexity index is 1100. The second kappa shape index (κ2) is 6.73. The molecule has 0 saturated carbocycles. The summed E-state index contributed by atoms with van der Waals surface area (Å²) in [6, 6.07) is 35.0. The lowest BCUT2D eigenvalue weighted by Crippen LogP contribution is -2.33. The molecule has 28 heavy (non-hydrogen) atoms. The maximum Gasteiger partial charge on any atom is 0.127 e. The molecule has 1 atom stereocenters. The van der Waals surface area contributed by atoms with Gasteiger partial charge in [0.2, 0.25) is 0 Å². The first-order valence-electron chi connectivity index (χ1n) is 9.42. The van der Waals surface area contributed by atoms with Crippen molar-refractivity contribution in [2.45, 2.75) is 11.5 Å². The Morgan fingerprint density at radius 1 is 0.607 bits per heavy atom. The van der Waals surface area contributed by atoms with Crippen molar-refractivity contribution >= 4 is 15.9 Å². The highest BCUT2D eigenvalue weighted by Gasteiger charge is 2.48. The largest absolute Gasteiger partial charge is 0.379 e. The molecule has 0 heterocycles. The van der Waals surface area contributed by atoms with Crippen LogP contribution in [0.1, 0.15) is 28.2 Å². The molecular weight excluding hydrogens is 408 g/mol. The molecule has 0 spiro atoms. The van der Waals surface area contributed by atoms with Gasteiger partial charge in [-0.05, 0) is 45.5 Å².